The van der Waals surface area contributed by atoms with Crippen molar-refractivity contribution in [3.8, 4) is 0 Å². The fourth-order valence-electron chi connectivity index (χ4n) is 1.84. The van der Waals surface area contributed by atoms with Crippen LogP contribution in [0.1, 0.15) is 49.5 Å². The van der Waals surface area contributed by atoms with Gasteiger partial charge in [0.15, 0.2) is 5.78 Å². The molecular weight excluding hydrogens is 256 g/mol. The van der Waals surface area contributed by atoms with Gasteiger partial charge in [-0.05, 0) is 26.3 Å². The molecule has 0 N–H and O–H groups in total. The highest BCUT2D eigenvalue weighted by Crippen LogP contribution is 2.25. The monoisotopic (exact) mass is 276 g/mol. The summed E-state index contributed by atoms with van der Waals surface area (Å²) in [6.07, 6.45) is 1.18. The standard InChI is InChI=1S/C16H20O4/c1-4-20-15(19)16(2,3)13-9-7-12(8-10-13)14(18)6-5-11-17/h7-11H,4-6H2,1-3H3. The lowest BCUT2D eigenvalue weighted by molar-refractivity contribution is -0.148. The molecule has 0 aliphatic heterocycles. The van der Waals surface area contributed by atoms with Gasteiger partial charge in [-0.25, -0.2) is 0 Å². The zero-order valence-corrected chi connectivity index (χ0v) is 12.1. The zero-order chi connectivity index (χ0) is 15.2. The SMILES string of the molecule is CCOC(=O)C(C)(C)c1ccc(C(=O)CCC=O)cc1. The minimum absolute atomic E-state index is 0.0717. The number of benzene rings is 1. The predicted octanol–water partition coefficient (Wildman–Crippen LogP) is 2.69. The summed E-state index contributed by atoms with van der Waals surface area (Å²) in [5, 5.41) is 0. The highest BCUT2D eigenvalue weighted by Gasteiger charge is 2.31. The molecule has 0 saturated carbocycles. The van der Waals surface area contributed by atoms with Crippen LogP contribution in [0, 0.1) is 0 Å². The van der Waals surface area contributed by atoms with E-state index in [0.29, 0.717) is 12.2 Å². The smallest absolute Gasteiger partial charge is 0.315 e. The van der Waals surface area contributed by atoms with Gasteiger partial charge in [0.25, 0.3) is 0 Å². The molecule has 1 rings (SSSR count). The quantitative estimate of drug-likeness (QED) is 0.436. The summed E-state index contributed by atoms with van der Waals surface area (Å²) in [5.41, 5.74) is 0.596. The number of ketones is 1. The van der Waals surface area contributed by atoms with Crippen molar-refractivity contribution in [2.24, 2.45) is 0 Å². The van der Waals surface area contributed by atoms with Crippen LogP contribution in [0.5, 0.6) is 0 Å². The molecule has 0 radical (unpaired) electrons. The first-order chi connectivity index (χ1) is 9.43. The van der Waals surface area contributed by atoms with E-state index < -0.39 is 5.41 Å². The van der Waals surface area contributed by atoms with Gasteiger partial charge >= 0.3 is 5.97 Å². The Labute approximate surface area is 119 Å². The third-order valence-corrected chi connectivity index (χ3v) is 3.20. The molecule has 1 aromatic carbocycles. The summed E-state index contributed by atoms with van der Waals surface area (Å²) < 4.78 is 5.05. The second-order valence-corrected chi connectivity index (χ2v) is 5.05. The van der Waals surface area contributed by atoms with E-state index in [1.54, 1.807) is 45.0 Å². The van der Waals surface area contributed by atoms with E-state index in [1.807, 2.05) is 0 Å². The Morgan fingerprint density at radius 1 is 1.20 bits per heavy atom. The van der Waals surface area contributed by atoms with E-state index in [-0.39, 0.29) is 24.6 Å². The van der Waals surface area contributed by atoms with Crippen LogP contribution in [0.4, 0.5) is 0 Å². The van der Waals surface area contributed by atoms with Crippen molar-refractivity contribution < 1.29 is 19.1 Å². The highest BCUT2D eigenvalue weighted by molar-refractivity contribution is 5.97. The van der Waals surface area contributed by atoms with Gasteiger partial charge in [0.1, 0.15) is 6.29 Å². The van der Waals surface area contributed by atoms with Crippen molar-refractivity contribution in [2.45, 2.75) is 39.0 Å². The maximum absolute atomic E-state index is 11.9. The van der Waals surface area contributed by atoms with Gasteiger partial charge in [-0.1, -0.05) is 24.3 Å². The van der Waals surface area contributed by atoms with Crippen molar-refractivity contribution in [1.29, 1.82) is 0 Å². The van der Waals surface area contributed by atoms with Crippen LogP contribution in [-0.2, 0) is 19.7 Å². The summed E-state index contributed by atoms with van der Waals surface area (Å²) in [4.78, 5) is 33.9. The predicted molar refractivity (Wildman–Crippen MR) is 75.7 cm³/mol. The molecule has 0 unspecified atom stereocenters. The number of aldehydes is 1. The maximum Gasteiger partial charge on any atom is 0.315 e. The first-order valence-corrected chi connectivity index (χ1v) is 6.68. The van der Waals surface area contributed by atoms with Gasteiger partial charge in [0.05, 0.1) is 12.0 Å². The van der Waals surface area contributed by atoms with E-state index in [4.69, 9.17) is 4.74 Å². The number of carbonyl (C=O) groups excluding carboxylic acids is 3. The van der Waals surface area contributed by atoms with E-state index in [1.165, 1.54) is 0 Å². The van der Waals surface area contributed by atoms with Crippen LogP contribution >= 0.6 is 0 Å². The Morgan fingerprint density at radius 3 is 2.30 bits per heavy atom. The van der Waals surface area contributed by atoms with Gasteiger partial charge in [-0.15, -0.1) is 0 Å². The molecule has 0 heterocycles. The normalized spacial score (nSPS) is 10.9. The molecule has 0 aromatic heterocycles. The second-order valence-electron chi connectivity index (χ2n) is 5.05. The number of Topliss-reactive ketones (excluding diaryl/α,β-unsaturated/α-hetero) is 1. The minimum atomic E-state index is -0.750. The fourth-order valence-corrected chi connectivity index (χ4v) is 1.84. The van der Waals surface area contributed by atoms with Crippen molar-refractivity contribution >= 4 is 18.0 Å². The highest BCUT2D eigenvalue weighted by atomic mass is 16.5. The van der Waals surface area contributed by atoms with Gasteiger partial charge in [0.2, 0.25) is 0 Å². The molecule has 4 nitrogen and oxygen atoms in total. The Bertz CT molecular complexity index is 486. The molecule has 0 fully saturated rings. The van der Waals surface area contributed by atoms with E-state index in [9.17, 15) is 14.4 Å². The second kappa shape index (κ2) is 6.98. The average molecular weight is 276 g/mol. The number of ether oxygens (including phenoxy) is 1. The number of hydrogen-bond acceptors (Lipinski definition) is 4. The van der Waals surface area contributed by atoms with E-state index in [0.717, 1.165) is 11.8 Å². The first-order valence-electron chi connectivity index (χ1n) is 6.68. The molecule has 4 heteroatoms. The molecule has 0 atom stereocenters. The summed E-state index contributed by atoms with van der Waals surface area (Å²) in [5.74, 6) is -0.363. The number of rotatable bonds is 7. The van der Waals surface area contributed by atoms with Crippen LogP contribution in [-0.4, -0.2) is 24.6 Å². The van der Waals surface area contributed by atoms with Crippen LogP contribution in [0.15, 0.2) is 24.3 Å². The number of hydrogen-bond donors (Lipinski definition) is 0. The zero-order valence-electron chi connectivity index (χ0n) is 12.1. The van der Waals surface area contributed by atoms with Gasteiger partial charge in [0, 0.05) is 18.4 Å². The van der Waals surface area contributed by atoms with Crippen molar-refractivity contribution in [3.05, 3.63) is 35.4 Å². The molecule has 108 valence electrons. The summed E-state index contributed by atoms with van der Waals surface area (Å²) in [6, 6.07) is 6.88. The third kappa shape index (κ3) is 3.76. The van der Waals surface area contributed by atoms with Crippen molar-refractivity contribution in [2.75, 3.05) is 6.61 Å². The first kappa shape index (κ1) is 16.1. The topological polar surface area (TPSA) is 60.4 Å². The van der Waals surface area contributed by atoms with Gasteiger partial charge in [-0.2, -0.15) is 0 Å². The fraction of sp³-hybridized carbons (Fsp3) is 0.438. The van der Waals surface area contributed by atoms with E-state index >= 15 is 0 Å². The summed E-state index contributed by atoms with van der Waals surface area (Å²) >= 11 is 0. The average Bonchev–Trinajstić information content (AvgIpc) is 2.45. The molecule has 0 aliphatic carbocycles. The lowest BCUT2D eigenvalue weighted by Crippen LogP contribution is -2.31. The summed E-state index contributed by atoms with van der Waals surface area (Å²) in [7, 11) is 0. The molecule has 0 spiro atoms. The lowest BCUT2D eigenvalue weighted by atomic mass is 9.84. The number of esters is 1. The molecule has 0 saturated heterocycles. The third-order valence-electron chi connectivity index (χ3n) is 3.20. The van der Waals surface area contributed by atoms with Crippen molar-refractivity contribution in [3.63, 3.8) is 0 Å². The molecule has 0 aliphatic rings. The van der Waals surface area contributed by atoms with Crippen LogP contribution < -0.4 is 0 Å². The summed E-state index contributed by atoms with van der Waals surface area (Å²) in [6.45, 7) is 5.68. The Kier molecular flexibility index (Phi) is 5.62. The molecule has 20 heavy (non-hydrogen) atoms. The Morgan fingerprint density at radius 2 is 1.80 bits per heavy atom. The van der Waals surface area contributed by atoms with E-state index in [2.05, 4.69) is 0 Å². The van der Waals surface area contributed by atoms with Crippen LogP contribution in [0.25, 0.3) is 0 Å². The Hall–Kier alpha value is -1.97. The molecule has 1 aromatic rings. The Balaban J connectivity index is 2.87. The maximum atomic E-state index is 11.9. The molecule has 0 amide bonds. The van der Waals surface area contributed by atoms with Crippen molar-refractivity contribution in [1.82, 2.24) is 0 Å². The van der Waals surface area contributed by atoms with Gasteiger partial charge < -0.3 is 9.53 Å². The minimum Gasteiger partial charge on any atom is -0.465 e. The van der Waals surface area contributed by atoms with Crippen LogP contribution in [0.3, 0.4) is 0 Å². The van der Waals surface area contributed by atoms with Crippen LogP contribution in [0.2, 0.25) is 0 Å². The molecular formula is C16H20O4. The largest absolute Gasteiger partial charge is 0.465 e. The lowest BCUT2D eigenvalue weighted by Gasteiger charge is -2.22. The van der Waals surface area contributed by atoms with Gasteiger partial charge in [-0.3, -0.25) is 9.59 Å². The number of carbonyl (C=O) groups is 3. The molecule has 0 bridgehead atoms.